The van der Waals surface area contributed by atoms with Crippen LogP contribution in [0.4, 0.5) is 13.2 Å². The monoisotopic (exact) mass is 342 g/mol. The minimum Gasteiger partial charge on any atom is -0.356 e. The fourth-order valence-corrected chi connectivity index (χ4v) is 2.94. The number of fused-ring (bicyclic) bond motifs is 1. The lowest BCUT2D eigenvalue weighted by atomic mass is 10.0. The Bertz CT molecular complexity index is 557. The molecule has 1 heterocycles. The van der Waals surface area contributed by atoms with Gasteiger partial charge in [-0.2, -0.15) is 13.2 Å². The molecule has 0 saturated carbocycles. The minimum atomic E-state index is -4.14. The Labute approximate surface area is 141 Å². The summed E-state index contributed by atoms with van der Waals surface area (Å²) >= 11 is 0. The Morgan fingerprint density at radius 3 is 2.67 bits per heavy atom. The molecule has 0 bridgehead atoms. The van der Waals surface area contributed by atoms with Gasteiger partial charge in [-0.25, -0.2) is 0 Å². The molecular weight excluding hydrogens is 317 g/mol. The van der Waals surface area contributed by atoms with Crippen LogP contribution in [0.1, 0.15) is 17.5 Å². The molecule has 1 aromatic carbocycles. The second-order valence-corrected chi connectivity index (χ2v) is 6.12. The van der Waals surface area contributed by atoms with Gasteiger partial charge in [0.2, 0.25) is 0 Å². The third-order valence-electron chi connectivity index (χ3n) is 4.09. The van der Waals surface area contributed by atoms with E-state index >= 15 is 0 Å². The highest BCUT2D eigenvalue weighted by Gasteiger charge is 2.28. The van der Waals surface area contributed by atoms with Crippen molar-refractivity contribution in [3.05, 3.63) is 35.4 Å². The first kappa shape index (κ1) is 18.6. The largest absolute Gasteiger partial charge is 0.401 e. The van der Waals surface area contributed by atoms with Crippen LogP contribution in [0.5, 0.6) is 0 Å². The zero-order chi connectivity index (χ0) is 17.6. The number of nitrogens with one attached hydrogen (secondary N) is 1. The summed E-state index contributed by atoms with van der Waals surface area (Å²) in [4.78, 5) is 7.77. The summed E-state index contributed by atoms with van der Waals surface area (Å²) in [6.07, 6.45) is -2.53. The fraction of sp³-hybridized carbons (Fsp3) is 0.588. The molecule has 0 aliphatic carbocycles. The van der Waals surface area contributed by atoms with Crippen LogP contribution in [0.2, 0.25) is 0 Å². The van der Waals surface area contributed by atoms with Crippen LogP contribution in [0.3, 0.4) is 0 Å². The fourth-order valence-electron chi connectivity index (χ4n) is 2.94. The molecule has 7 heteroatoms. The average Bonchev–Trinajstić information content (AvgIpc) is 2.53. The van der Waals surface area contributed by atoms with Gasteiger partial charge in [0.15, 0.2) is 5.96 Å². The minimum absolute atomic E-state index is 0.395. The summed E-state index contributed by atoms with van der Waals surface area (Å²) in [6, 6.07) is 8.37. The van der Waals surface area contributed by atoms with Gasteiger partial charge < -0.3 is 10.2 Å². The van der Waals surface area contributed by atoms with Crippen molar-refractivity contribution in [3.8, 4) is 0 Å². The van der Waals surface area contributed by atoms with E-state index in [1.807, 2.05) is 6.07 Å². The normalized spacial score (nSPS) is 15.6. The Hall–Kier alpha value is -1.76. The first-order valence-electron chi connectivity index (χ1n) is 8.17. The van der Waals surface area contributed by atoms with E-state index in [0.29, 0.717) is 19.5 Å². The van der Waals surface area contributed by atoms with Gasteiger partial charge in [0.25, 0.3) is 0 Å². The third-order valence-corrected chi connectivity index (χ3v) is 4.09. The summed E-state index contributed by atoms with van der Waals surface area (Å²) in [5.74, 6) is 0.808. The molecule has 0 radical (unpaired) electrons. The molecule has 134 valence electrons. The molecule has 1 N–H and O–H groups in total. The molecular formula is C17H25F3N4. The summed E-state index contributed by atoms with van der Waals surface area (Å²) < 4.78 is 36.8. The number of nitrogens with zero attached hydrogens (tertiary/aromatic N) is 3. The van der Waals surface area contributed by atoms with Crippen LogP contribution < -0.4 is 5.32 Å². The SMILES string of the molecule is CN=C(NCCCN(C)CC(F)(F)F)N1CCc2ccccc2C1. The van der Waals surface area contributed by atoms with E-state index in [2.05, 4.69) is 33.4 Å². The van der Waals surface area contributed by atoms with Crippen molar-refractivity contribution in [2.75, 3.05) is 40.3 Å². The van der Waals surface area contributed by atoms with E-state index < -0.39 is 12.7 Å². The lowest BCUT2D eigenvalue weighted by molar-refractivity contribution is -0.143. The number of hydrogen-bond acceptors (Lipinski definition) is 2. The van der Waals surface area contributed by atoms with Crippen molar-refractivity contribution in [2.45, 2.75) is 25.6 Å². The Balaban J connectivity index is 1.76. The maximum atomic E-state index is 12.3. The smallest absolute Gasteiger partial charge is 0.356 e. The van der Waals surface area contributed by atoms with Gasteiger partial charge in [-0.3, -0.25) is 9.89 Å². The van der Waals surface area contributed by atoms with E-state index in [1.165, 1.54) is 23.1 Å². The molecule has 24 heavy (non-hydrogen) atoms. The topological polar surface area (TPSA) is 30.9 Å². The van der Waals surface area contributed by atoms with Gasteiger partial charge in [-0.15, -0.1) is 0 Å². The third kappa shape index (κ3) is 5.70. The van der Waals surface area contributed by atoms with Gasteiger partial charge in [-0.1, -0.05) is 24.3 Å². The van der Waals surface area contributed by atoms with Gasteiger partial charge in [-0.05, 0) is 37.6 Å². The lowest BCUT2D eigenvalue weighted by Crippen LogP contribution is -2.44. The second-order valence-electron chi connectivity index (χ2n) is 6.12. The molecule has 4 nitrogen and oxygen atoms in total. The van der Waals surface area contributed by atoms with E-state index in [0.717, 1.165) is 25.5 Å². The number of aliphatic imine (C=N–C) groups is 1. The van der Waals surface area contributed by atoms with Gasteiger partial charge in [0, 0.05) is 26.7 Å². The Morgan fingerprint density at radius 1 is 1.29 bits per heavy atom. The number of hydrogen-bond donors (Lipinski definition) is 1. The van der Waals surface area contributed by atoms with Crippen molar-refractivity contribution >= 4 is 5.96 Å². The maximum absolute atomic E-state index is 12.3. The van der Waals surface area contributed by atoms with Gasteiger partial charge in [0.1, 0.15) is 0 Å². The molecule has 0 spiro atoms. The second kappa shape index (κ2) is 8.37. The average molecular weight is 342 g/mol. The highest BCUT2D eigenvalue weighted by Crippen LogP contribution is 2.18. The first-order chi connectivity index (χ1) is 11.4. The van der Waals surface area contributed by atoms with Crippen molar-refractivity contribution in [3.63, 3.8) is 0 Å². The van der Waals surface area contributed by atoms with Crippen LogP contribution in [0, 0.1) is 0 Å². The quantitative estimate of drug-likeness (QED) is 0.507. The van der Waals surface area contributed by atoms with E-state index in [-0.39, 0.29) is 0 Å². The number of benzene rings is 1. The molecule has 0 saturated heterocycles. The zero-order valence-electron chi connectivity index (χ0n) is 14.2. The van der Waals surface area contributed by atoms with Crippen molar-refractivity contribution in [1.29, 1.82) is 0 Å². The van der Waals surface area contributed by atoms with Crippen molar-refractivity contribution < 1.29 is 13.2 Å². The van der Waals surface area contributed by atoms with Crippen LogP contribution in [-0.4, -0.2) is 62.2 Å². The van der Waals surface area contributed by atoms with Gasteiger partial charge >= 0.3 is 6.18 Å². The van der Waals surface area contributed by atoms with Crippen LogP contribution in [0.25, 0.3) is 0 Å². The summed E-state index contributed by atoms with van der Waals surface area (Å²) in [6.45, 7) is 1.83. The molecule has 0 aromatic heterocycles. The van der Waals surface area contributed by atoms with E-state index in [9.17, 15) is 13.2 Å². The van der Waals surface area contributed by atoms with Crippen LogP contribution >= 0.6 is 0 Å². The van der Waals surface area contributed by atoms with Crippen molar-refractivity contribution in [1.82, 2.24) is 15.1 Å². The Kier molecular flexibility index (Phi) is 6.48. The van der Waals surface area contributed by atoms with E-state index in [1.54, 1.807) is 7.05 Å². The Morgan fingerprint density at radius 2 is 2.00 bits per heavy atom. The van der Waals surface area contributed by atoms with Gasteiger partial charge in [0.05, 0.1) is 6.54 Å². The summed E-state index contributed by atoms with van der Waals surface area (Å²) in [7, 11) is 3.22. The molecule has 0 fully saturated rings. The van der Waals surface area contributed by atoms with Crippen molar-refractivity contribution in [2.24, 2.45) is 4.99 Å². The predicted octanol–water partition coefficient (Wildman–Crippen LogP) is 2.50. The zero-order valence-corrected chi connectivity index (χ0v) is 14.2. The summed E-state index contributed by atoms with van der Waals surface area (Å²) in [5, 5.41) is 3.26. The first-order valence-corrected chi connectivity index (χ1v) is 8.17. The molecule has 0 unspecified atom stereocenters. The van der Waals surface area contributed by atoms with Crippen LogP contribution in [-0.2, 0) is 13.0 Å². The van der Waals surface area contributed by atoms with E-state index in [4.69, 9.17) is 0 Å². The van der Waals surface area contributed by atoms with Crippen LogP contribution in [0.15, 0.2) is 29.3 Å². The molecule has 1 aliphatic heterocycles. The standard InChI is InChI=1S/C17H25F3N4/c1-21-16(22-9-5-10-23(2)13-17(18,19)20)24-11-8-14-6-3-4-7-15(14)12-24/h3-4,6-7H,5,8-13H2,1-2H3,(H,21,22). The number of halogens is 3. The summed E-state index contributed by atoms with van der Waals surface area (Å²) in [5.41, 5.74) is 2.68. The lowest BCUT2D eigenvalue weighted by Gasteiger charge is -2.31. The number of rotatable bonds is 5. The molecule has 1 aromatic rings. The highest BCUT2D eigenvalue weighted by atomic mass is 19.4. The number of guanidine groups is 1. The molecule has 1 aliphatic rings. The predicted molar refractivity (Wildman–Crippen MR) is 90.1 cm³/mol. The molecule has 2 rings (SSSR count). The molecule has 0 amide bonds. The highest BCUT2D eigenvalue weighted by molar-refractivity contribution is 5.80. The number of alkyl halides is 3. The maximum Gasteiger partial charge on any atom is 0.401 e. The molecule has 0 atom stereocenters.